The molecule has 0 aromatic carbocycles. The normalized spacial score (nSPS) is 9.88. The van der Waals surface area contributed by atoms with Gasteiger partial charge in [-0.15, -0.1) is 12.4 Å². The topological polar surface area (TPSA) is 37.3 Å². The van der Waals surface area contributed by atoms with E-state index >= 15 is 0 Å². The molecule has 50 valence electrons. The molecule has 1 N–H and O–H groups in total. The van der Waals surface area contributed by atoms with Crippen LogP contribution in [0.3, 0.4) is 0 Å². The second kappa shape index (κ2) is 2.81. The molecule has 0 amide bonds. The van der Waals surface area contributed by atoms with E-state index in [1.165, 1.54) is 0 Å². The maximum atomic E-state index is 11.2. The van der Waals surface area contributed by atoms with E-state index in [4.69, 9.17) is 5.11 Å². The van der Waals surface area contributed by atoms with Crippen LogP contribution in [0.2, 0.25) is 0 Å². The van der Waals surface area contributed by atoms with Gasteiger partial charge in [0, 0.05) is 6.92 Å². The molecule has 0 rings (SSSR count). The quantitative estimate of drug-likeness (QED) is 0.603. The van der Waals surface area contributed by atoms with Crippen molar-refractivity contribution in [2.24, 2.45) is 0 Å². The molecule has 0 unspecified atom stereocenters. The van der Waals surface area contributed by atoms with Gasteiger partial charge < -0.3 is 5.11 Å². The number of carboxylic acids is 1. The van der Waals surface area contributed by atoms with Gasteiger partial charge in [-0.3, -0.25) is 0 Å². The largest absolute Gasteiger partial charge is 0.477 e. The molecule has 0 aliphatic heterocycles. The summed E-state index contributed by atoms with van der Waals surface area (Å²) in [4.78, 5) is 9.27. The van der Waals surface area contributed by atoms with Crippen LogP contribution in [0.1, 0.15) is 6.92 Å². The van der Waals surface area contributed by atoms with Gasteiger partial charge in [0.2, 0.25) is 0 Å². The van der Waals surface area contributed by atoms with E-state index in [0.717, 1.165) is 0 Å². The average molecular weight is 147 g/mol. The van der Waals surface area contributed by atoms with E-state index in [-0.39, 0.29) is 12.4 Å². The molecular weight excluding hydrogens is 141 g/mol. The molecule has 0 heterocycles. The maximum absolute atomic E-state index is 11.2. The fraction of sp³-hybridized carbons (Fsp3) is 0.667. The van der Waals surface area contributed by atoms with Gasteiger partial charge in [0.25, 0.3) is 0 Å². The van der Waals surface area contributed by atoms with Crippen LogP contribution in [0.15, 0.2) is 0 Å². The van der Waals surface area contributed by atoms with Gasteiger partial charge in [-0.25, -0.2) is 4.79 Å². The van der Waals surface area contributed by atoms with Gasteiger partial charge in [0.05, 0.1) is 0 Å². The van der Waals surface area contributed by atoms with E-state index in [0.29, 0.717) is 6.92 Å². The first-order valence-corrected chi connectivity index (χ1v) is 1.56. The predicted molar refractivity (Wildman–Crippen MR) is 25.5 cm³/mol. The first kappa shape index (κ1) is 10.6. The maximum Gasteiger partial charge on any atom is 0.374 e. The number of aliphatic carboxylic acids is 1. The molecule has 0 radical (unpaired) electrons. The molecule has 0 fully saturated rings. The van der Waals surface area contributed by atoms with Gasteiger partial charge in [-0.2, -0.15) is 8.78 Å². The highest BCUT2D eigenvalue weighted by molar-refractivity contribution is 5.85. The molecular formula is C3H5ClF2O2. The Labute approximate surface area is 50.9 Å². The van der Waals surface area contributed by atoms with Crippen LogP contribution in [-0.2, 0) is 4.79 Å². The van der Waals surface area contributed by atoms with Crippen LogP contribution >= 0.6 is 12.4 Å². The van der Waals surface area contributed by atoms with Gasteiger partial charge in [0.1, 0.15) is 0 Å². The molecule has 0 aliphatic rings. The van der Waals surface area contributed by atoms with Crippen molar-refractivity contribution >= 4 is 18.4 Å². The zero-order valence-electron chi connectivity index (χ0n) is 4.02. The number of alkyl halides is 2. The Hall–Kier alpha value is -0.380. The molecule has 0 saturated carbocycles. The Morgan fingerprint density at radius 1 is 1.62 bits per heavy atom. The lowest BCUT2D eigenvalue weighted by Crippen LogP contribution is -2.22. The lowest BCUT2D eigenvalue weighted by molar-refractivity contribution is -0.161. The summed E-state index contributed by atoms with van der Waals surface area (Å²) in [5.41, 5.74) is 0. The molecule has 2 nitrogen and oxygen atoms in total. The average Bonchev–Trinajstić information content (AvgIpc) is 1.31. The van der Waals surface area contributed by atoms with E-state index in [1.54, 1.807) is 0 Å². The van der Waals surface area contributed by atoms with Crippen molar-refractivity contribution < 1.29 is 18.7 Å². The van der Waals surface area contributed by atoms with Gasteiger partial charge in [-0.1, -0.05) is 0 Å². The third-order valence-corrected chi connectivity index (χ3v) is 0.376. The third kappa shape index (κ3) is 3.80. The Kier molecular flexibility index (Phi) is 3.72. The zero-order valence-corrected chi connectivity index (χ0v) is 4.84. The van der Waals surface area contributed by atoms with E-state index in [1.807, 2.05) is 0 Å². The van der Waals surface area contributed by atoms with Crippen molar-refractivity contribution in [1.29, 1.82) is 0 Å². The standard InChI is InChI=1S/C3H4F2O2.ClH/c1-3(4,5)2(6)7;/h1H3,(H,6,7);1H. The first-order valence-electron chi connectivity index (χ1n) is 1.56. The molecule has 0 aromatic heterocycles. The minimum Gasteiger partial charge on any atom is -0.477 e. The Balaban J connectivity index is 0. The SMILES string of the molecule is CC(F)(F)C(=O)O.Cl. The number of rotatable bonds is 1. The fourth-order valence-corrected chi connectivity index (χ4v) is 0. The van der Waals surface area contributed by atoms with Crippen molar-refractivity contribution in [3.05, 3.63) is 0 Å². The summed E-state index contributed by atoms with van der Waals surface area (Å²) in [5.74, 6) is -5.67. The van der Waals surface area contributed by atoms with Crippen LogP contribution in [0.25, 0.3) is 0 Å². The molecule has 0 aliphatic carbocycles. The van der Waals surface area contributed by atoms with Crippen LogP contribution in [0.4, 0.5) is 8.78 Å². The van der Waals surface area contributed by atoms with Crippen molar-refractivity contribution in [2.45, 2.75) is 12.8 Å². The Bertz CT molecular complexity index is 87.8. The summed E-state index contributed by atoms with van der Waals surface area (Å²) < 4.78 is 22.5. The van der Waals surface area contributed by atoms with Crippen LogP contribution in [0.5, 0.6) is 0 Å². The minimum atomic E-state index is -3.58. The van der Waals surface area contributed by atoms with Gasteiger partial charge in [-0.05, 0) is 0 Å². The second-order valence-electron chi connectivity index (χ2n) is 1.19. The Morgan fingerprint density at radius 3 is 1.75 bits per heavy atom. The molecule has 0 saturated heterocycles. The van der Waals surface area contributed by atoms with Crippen LogP contribution in [0, 0.1) is 0 Å². The second-order valence-corrected chi connectivity index (χ2v) is 1.19. The predicted octanol–water partition coefficient (Wildman–Crippen LogP) is 1.15. The lowest BCUT2D eigenvalue weighted by Gasteiger charge is -1.98. The Morgan fingerprint density at radius 2 is 1.75 bits per heavy atom. The molecule has 0 aromatic rings. The van der Waals surface area contributed by atoms with Gasteiger partial charge >= 0.3 is 11.9 Å². The summed E-state index contributed by atoms with van der Waals surface area (Å²) in [5, 5.41) is 7.50. The molecule has 8 heavy (non-hydrogen) atoms. The van der Waals surface area contributed by atoms with E-state index in [9.17, 15) is 13.6 Å². The van der Waals surface area contributed by atoms with Crippen molar-refractivity contribution in [1.82, 2.24) is 0 Å². The lowest BCUT2D eigenvalue weighted by atomic mass is 10.4. The zero-order chi connectivity index (χ0) is 6.08. The number of hydrogen-bond acceptors (Lipinski definition) is 1. The van der Waals surface area contributed by atoms with Crippen molar-refractivity contribution in [3.63, 3.8) is 0 Å². The summed E-state index contributed by atoms with van der Waals surface area (Å²) >= 11 is 0. The number of carboxylic acid groups (broad SMARTS) is 1. The fourth-order valence-electron chi connectivity index (χ4n) is 0. The first-order chi connectivity index (χ1) is 2.94. The highest BCUT2D eigenvalue weighted by Gasteiger charge is 2.31. The molecule has 0 bridgehead atoms. The number of halogens is 3. The summed E-state index contributed by atoms with van der Waals surface area (Å²) in [6.45, 7) is 0.329. The van der Waals surface area contributed by atoms with Crippen LogP contribution in [-0.4, -0.2) is 17.0 Å². The van der Waals surface area contributed by atoms with E-state index in [2.05, 4.69) is 0 Å². The number of hydrogen-bond donors (Lipinski definition) is 1. The highest BCUT2D eigenvalue weighted by Crippen LogP contribution is 2.09. The molecule has 0 atom stereocenters. The summed E-state index contributed by atoms with van der Waals surface area (Å²) in [7, 11) is 0. The van der Waals surface area contributed by atoms with Crippen LogP contribution < -0.4 is 0 Å². The highest BCUT2D eigenvalue weighted by atomic mass is 35.5. The van der Waals surface area contributed by atoms with Gasteiger partial charge in [0.15, 0.2) is 0 Å². The monoisotopic (exact) mass is 146 g/mol. The molecule has 0 spiro atoms. The third-order valence-electron chi connectivity index (χ3n) is 0.376. The number of carbonyl (C=O) groups is 1. The minimum absolute atomic E-state index is 0. The smallest absolute Gasteiger partial charge is 0.374 e. The summed E-state index contributed by atoms with van der Waals surface area (Å²) in [6, 6.07) is 0. The van der Waals surface area contributed by atoms with E-state index < -0.39 is 11.9 Å². The summed E-state index contributed by atoms with van der Waals surface area (Å²) in [6.07, 6.45) is 0. The van der Waals surface area contributed by atoms with Crippen molar-refractivity contribution in [3.8, 4) is 0 Å². The van der Waals surface area contributed by atoms with Crippen molar-refractivity contribution in [2.75, 3.05) is 0 Å². The molecule has 5 heteroatoms.